The summed E-state index contributed by atoms with van der Waals surface area (Å²) in [6.45, 7) is 3.77. The summed E-state index contributed by atoms with van der Waals surface area (Å²) in [6.07, 6.45) is 1.78. The third kappa shape index (κ3) is 5.75. The van der Waals surface area contributed by atoms with Crippen molar-refractivity contribution in [2.75, 3.05) is 16.8 Å². The molecule has 4 rings (SSSR count). The summed E-state index contributed by atoms with van der Waals surface area (Å²) in [5.41, 5.74) is 4.29. The Morgan fingerprint density at radius 1 is 1.12 bits per heavy atom. The number of nitrogens with one attached hydrogen (secondary N) is 1. The van der Waals surface area contributed by atoms with Crippen molar-refractivity contribution in [1.82, 2.24) is 0 Å². The molecule has 8 heteroatoms. The Hall–Kier alpha value is -2.94. The smallest absolute Gasteiger partial charge is 0.270 e. The lowest BCUT2D eigenvalue weighted by atomic mass is 10.2. The van der Waals surface area contributed by atoms with E-state index in [1.54, 1.807) is 23.1 Å². The molecule has 0 bridgehead atoms. The number of benzene rings is 3. The van der Waals surface area contributed by atoms with Crippen LogP contribution in [0.4, 0.5) is 11.4 Å². The molecular weight excluding hydrogens is 532 g/mol. The highest BCUT2D eigenvalue weighted by Crippen LogP contribution is 2.36. The Kier molecular flexibility index (Phi) is 7.50. The van der Waals surface area contributed by atoms with Crippen molar-refractivity contribution in [3.63, 3.8) is 0 Å². The molecular formula is C26H21BrN2O3S2. The van der Waals surface area contributed by atoms with Crippen LogP contribution in [-0.2, 0) is 9.59 Å². The number of hydrogen-bond donors (Lipinski definition) is 1. The summed E-state index contributed by atoms with van der Waals surface area (Å²) < 4.78 is 7.13. The van der Waals surface area contributed by atoms with Gasteiger partial charge in [-0.15, -0.1) is 0 Å². The molecule has 0 atom stereocenters. The number of carbonyl (C=O) groups is 2. The van der Waals surface area contributed by atoms with Crippen LogP contribution in [0.1, 0.15) is 16.7 Å². The molecule has 1 N–H and O–H groups in total. The minimum atomic E-state index is -0.255. The predicted molar refractivity (Wildman–Crippen MR) is 146 cm³/mol. The van der Waals surface area contributed by atoms with Crippen molar-refractivity contribution in [2.45, 2.75) is 13.8 Å². The lowest BCUT2D eigenvalue weighted by molar-refractivity contribution is -0.118. The monoisotopic (exact) mass is 552 g/mol. The van der Waals surface area contributed by atoms with E-state index >= 15 is 0 Å². The predicted octanol–water partition coefficient (Wildman–Crippen LogP) is 6.49. The fraction of sp³-hybridized carbons (Fsp3) is 0.115. The summed E-state index contributed by atoms with van der Waals surface area (Å²) in [5, 5.41) is 2.85. The van der Waals surface area contributed by atoms with Gasteiger partial charge in [0.1, 0.15) is 5.75 Å². The average molecular weight is 554 g/mol. The molecule has 1 heterocycles. The van der Waals surface area contributed by atoms with Crippen molar-refractivity contribution in [3.05, 3.63) is 92.8 Å². The van der Waals surface area contributed by atoms with E-state index in [4.69, 9.17) is 17.0 Å². The van der Waals surface area contributed by atoms with Gasteiger partial charge in [0.2, 0.25) is 0 Å². The first-order valence-corrected chi connectivity index (χ1v) is 12.5. The number of nitrogens with zero attached hydrogens (tertiary/aromatic N) is 1. The zero-order chi connectivity index (χ0) is 24.2. The van der Waals surface area contributed by atoms with Gasteiger partial charge in [-0.25, -0.2) is 0 Å². The summed E-state index contributed by atoms with van der Waals surface area (Å²) in [6, 6.07) is 20.6. The minimum Gasteiger partial charge on any atom is -0.484 e. The second-order valence-corrected chi connectivity index (χ2v) is 10.3. The fourth-order valence-corrected chi connectivity index (χ4v) is 5.18. The normalized spacial score (nSPS) is 14.6. The third-order valence-electron chi connectivity index (χ3n) is 5.04. The molecule has 0 aromatic heterocycles. The number of rotatable bonds is 6. The van der Waals surface area contributed by atoms with E-state index in [1.165, 1.54) is 11.8 Å². The summed E-state index contributed by atoms with van der Waals surface area (Å²) in [4.78, 5) is 27.4. The molecule has 34 heavy (non-hydrogen) atoms. The average Bonchev–Trinajstić information content (AvgIpc) is 3.07. The Balaban J connectivity index is 1.42. The van der Waals surface area contributed by atoms with E-state index in [1.807, 2.05) is 68.4 Å². The van der Waals surface area contributed by atoms with Crippen LogP contribution < -0.4 is 15.0 Å². The van der Waals surface area contributed by atoms with Crippen molar-refractivity contribution in [1.29, 1.82) is 0 Å². The van der Waals surface area contributed by atoms with Crippen molar-refractivity contribution >= 4 is 73.5 Å². The lowest BCUT2D eigenvalue weighted by Gasteiger charge is -2.14. The number of aryl methyl sites for hydroxylation is 2. The minimum absolute atomic E-state index is 0.131. The van der Waals surface area contributed by atoms with Crippen LogP contribution in [0.15, 0.2) is 76.1 Å². The first-order valence-electron chi connectivity index (χ1n) is 10.4. The molecule has 1 aliphatic rings. The van der Waals surface area contributed by atoms with Gasteiger partial charge >= 0.3 is 0 Å². The van der Waals surface area contributed by atoms with E-state index in [0.29, 0.717) is 15.0 Å². The Bertz CT molecular complexity index is 1320. The lowest BCUT2D eigenvalue weighted by Crippen LogP contribution is -2.27. The van der Waals surface area contributed by atoms with Crippen LogP contribution in [0.3, 0.4) is 0 Å². The van der Waals surface area contributed by atoms with Gasteiger partial charge in [-0.05, 0) is 79.1 Å². The number of hydrogen-bond acceptors (Lipinski definition) is 5. The molecule has 5 nitrogen and oxygen atoms in total. The number of anilines is 2. The van der Waals surface area contributed by atoms with Gasteiger partial charge in [0.25, 0.3) is 11.8 Å². The van der Waals surface area contributed by atoms with Crippen LogP contribution >= 0.6 is 39.9 Å². The van der Waals surface area contributed by atoms with Crippen LogP contribution in [0.25, 0.3) is 6.08 Å². The van der Waals surface area contributed by atoms with Crippen LogP contribution in [-0.4, -0.2) is 22.7 Å². The highest BCUT2D eigenvalue weighted by molar-refractivity contribution is 9.10. The largest absolute Gasteiger partial charge is 0.484 e. The molecule has 3 aromatic carbocycles. The van der Waals surface area contributed by atoms with Gasteiger partial charge in [-0.3, -0.25) is 14.5 Å². The Morgan fingerprint density at radius 3 is 2.68 bits per heavy atom. The highest BCUT2D eigenvalue weighted by Gasteiger charge is 2.33. The molecule has 0 spiro atoms. The number of amides is 2. The summed E-state index contributed by atoms with van der Waals surface area (Å²) >= 11 is 10.1. The first kappa shape index (κ1) is 24.2. The molecule has 0 unspecified atom stereocenters. The summed E-state index contributed by atoms with van der Waals surface area (Å²) in [5.74, 6) is 0.122. The molecule has 2 amide bonds. The fourth-order valence-electron chi connectivity index (χ4n) is 3.41. The second kappa shape index (κ2) is 10.5. The van der Waals surface area contributed by atoms with E-state index in [2.05, 4.69) is 21.2 Å². The van der Waals surface area contributed by atoms with Gasteiger partial charge in [0.05, 0.1) is 10.6 Å². The van der Waals surface area contributed by atoms with Crippen LogP contribution in [0.5, 0.6) is 5.75 Å². The number of ether oxygens (including phenoxy) is 1. The van der Waals surface area contributed by atoms with Gasteiger partial charge in [-0.2, -0.15) is 0 Å². The van der Waals surface area contributed by atoms with E-state index in [0.717, 1.165) is 32.5 Å². The molecule has 1 saturated heterocycles. The van der Waals surface area contributed by atoms with Gasteiger partial charge in [0.15, 0.2) is 10.9 Å². The van der Waals surface area contributed by atoms with E-state index < -0.39 is 0 Å². The molecule has 0 aliphatic carbocycles. The van der Waals surface area contributed by atoms with Gasteiger partial charge < -0.3 is 10.1 Å². The maximum atomic E-state index is 13.0. The number of carbonyl (C=O) groups excluding carboxylic acids is 2. The molecule has 0 saturated carbocycles. The standard InChI is InChI=1S/C26H21BrN2O3S2/c1-16-5-3-7-20(11-16)29-25(31)23(34-26(29)33)14-18-6-4-8-21(13-18)32-15-24(30)28-22-10-9-19(27)12-17(22)2/h3-14H,15H2,1-2H3,(H,28,30)/b23-14-. The van der Waals surface area contributed by atoms with Gasteiger partial charge in [0, 0.05) is 10.2 Å². The Morgan fingerprint density at radius 2 is 1.91 bits per heavy atom. The number of thioether (sulfide) groups is 1. The van der Waals surface area contributed by atoms with Crippen LogP contribution in [0, 0.1) is 13.8 Å². The second-order valence-electron chi connectivity index (χ2n) is 7.72. The molecule has 1 aliphatic heterocycles. The summed E-state index contributed by atoms with van der Waals surface area (Å²) in [7, 11) is 0. The zero-order valence-corrected chi connectivity index (χ0v) is 21.7. The highest BCUT2D eigenvalue weighted by atomic mass is 79.9. The third-order valence-corrected chi connectivity index (χ3v) is 6.84. The van der Waals surface area contributed by atoms with Crippen molar-refractivity contribution in [3.8, 4) is 5.75 Å². The SMILES string of the molecule is Cc1cccc(N2C(=O)/C(=C/c3cccc(OCC(=O)Nc4ccc(Br)cc4C)c3)SC2=S)c1. The molecule has 172 valence electrons. The molecule has 0 radical (unpaired) electrons. The topological polar surface area (TPSA) is 58.6 Å². The van der Waals surface area contributed by atoms with E-state index in [-0.39, 0.29) is 18.4 Å². The Labute approximate surface area is 216 Å². The maximum absolute atomic E-state index is 13.0. The number of halogens is 1. The number of thiocarbonyl (C=S) groups is 1. The van der Waals surface area contributed by atoms with Crippen molar-refractivity contribution in [2.24, 2.45) is 0 Å². The molecule has 3 aromatic rings. The van der Waals surface area contributed by atoms with Gasteiger partial charge in [-0.1, -0.05) is 64.2 Å². The quantitative estimate of drug-likeness (QED) is 0.280. The maximum Gasteiger partial charge on any atom is 0.270 e. The van der Waals surface area contributed by atoms with E-state index in [9.17, 15) is 9.59 Å². The molecule has 1 fully saturated rings. The first-order chi connectivity index (χ1) is 16.3. The van der Waals surface area contributed by atoms with Crippen molar-refractivity contribution < 1.29 is 14.3 Å². The van der Waals surface area contributed by atoms with Crippen LogP contribution in [0.2, 0.25) is 0 Å². The zero-order valence-electron chi connectivity index (χ0n) is 18.5.